The first-order valence-corrected chi connectivity index (χ1v) is 10.6. The van der Waals surface area contributed by atoms with Crippen LogP contribution in [0.1, 0.15) is 122 Å². The monoisotopic (exact) mass is 546 g/mol. The van der Waals surface area contributed by atoms with E-state index in [1.807, 2.05) is 0 Å². The van der Waals surface area contributed by atoms with E-state index in [0.717, 1.165) is 12.8 Å². The molecule has 0 spiro atoms. The Morgan fingerprint density at radius 2 is 1.00 bits per heavy atom. The molecule has 146 valence electrons. The second-order valence-corrected chi connectivity index (χ2v) is 7.14. The second kappa shape index (κ2) is 24.1. The summed E-state index contributed by atoms with van der Waals surface area (Å²) in [6.45, 7) is 2.27. The zero-order valence-corrected chi connectivity index (χ0v) is 20.6. The molecule has 0 saturated heterocycles. The van der Waals surface area contributed by atoms with Crippen LogP contribution in [-0.2, 0) is 4.79 Å². The molecule has 0 unspecified atom stereocenters. The Labute approximate surface area is 177 Å². The van der Waals surface area contributed by atoms with E-state index in [-0.39, 0.29) is 27.3 Å². The fourth-order valence-electron chi connectivity index (χ4n) is 3.05. The van der Waals surface area contributed by atoms with Crippen LogP contribution in [0.3, 0.4) is 0 Å². The van der Waals surface area contributed by atoms with Gasteiger partial charge in [-0.15, -0.1) is 0 Å². The quantitative estimate of drug-likeness (QED) is 0.105. The van der Waals surface area contributed by atoms with Crippen LogP contribution in [0.5, 0.6) is 0 Å². The molecular weight excluding hydrogens is 503 g/mol. The Morgan fingerprint density at radius 1 is 0.640 bits per heavy atom. The number of carboxylic acid groups (broad SMARTS) is 1. The van der Waals surface area contributed by atoms with Crippen molar-refractivity contribution in [2.75, 3.05) is 0 Å². The van der Waals surface area contributed by atoms with E-state index in [9.17, 15) is 4.79 Å². The Bertz CT molecular complexity index is 290. The first kappa shape index (κ1) is 27.4. The summed E-state index contributed by atoms with van der Waals surface area (Å²) in [5.41, 5.74) is 0. The number of unbranched alkanes of at least 4 members (excludes halogenated alkanes) is 15. The smallest absolute Gasteiger partial charge is 0.303 e. The Balaban J connectivity index is 0. The summed E-state index contributed by atoms with van der Waals surface area (Å²) in [6.07, 6.45) is 27.1. The summed E-state index contributed by atoms with van der Waals surface area (Å²) >= 11 is 0. The van der Waals surface area contributed by atoms with E-state index in [1.165, 1.54) is 96.3 Å². The number of hydrogen-bond acceptors (Lipinski definition) is 1. The molecule has 2 nitrogen and oxygen atoms in total. The van der Waals surface area contributed by atoms with Crippen LogP contribution >= 0.6 is 0 Å². The second-order valence-electron chi connectivity index (χ2n) is 7.14. The van der Waals surface area contributed by atoms with Gasteiger partial charge >= 0.3 is 5.97 Å². The van der Waals surface area contributed by atoms with Crippen molar-refractivity contribution >= 4 is 33.3 Å². The maximum atomic E-state index is 10.4. The molecule has 1 N–H and O–H groups in total. The van der Waals surface area contributed by atoms with Gasteiger partial charge < -0.3 is 5.11 Å². The van der Waals surface area contributed by atoms with Crippen molar-refractivity contribution in [3.8, 4) is 0 Å². The number of carbonyl (C=O) groups is 1. The number of rotatable bonds is 19. The minimum absolute atomic E-state index is 0. The summed E-state index contributed by atoms with van der Waals surface area (Å²) in [6, 6.07) is 0. The van der Waals surface area contributed by atoms with Gasteiger partial charge in [0, 0.05) is 33.7 Å². The van der Waals surface area contributed by atoms with Crippen molar-refractivity contribution in [3.63, 3.8) is 0 Å². The Hall–Kier alpha value is 0.132. The SMILES string of the molecule is CCCCCCCCC=CCCCCCCCCCCCC(=O)O.[Pb]. The number of aliphatic carboxylic acids is 1. The van der Waals surface area contributed by atoms with E-state index in [4.69, 9.17) is 5.11 Å². The summed E-state index contributed by atoms with van der Waals surface area (Å²) < 4.78 is 0. The van der Waals surface area contributed by atoms with Crippen LogP contribution in [-0.4, -0.2) is 38.4 Å². The van der Waals surface area contributed by atoms with Gasteiger partial charge in [0.1, 0.15) is 0 Å². The van der Waals surface area contributed by atoms with Crippen LogP contribution in [0.4, 0.5) is 0 Å². The van der Waals surface area contributed by atoms with Crippen LogP contribution < -0.4 is 0 Å². The van der Waals surface area contributed by atoms with Gasteiger partial charge in [0.15, 0.2) is 0 Å². The Kier molecular flexibility index (Phi) is 26.4. The topological polar surface area (TPSA) is 37.3 Å². The largest absolute Gasteiger partial charge is 0.481 e. The molecule has 0 aliphatic carbocycles. The van der Waals surface area contributed by atoms with Gasteiger partial charge in [0.05, 0.1) is 0 Å². The maximum Gasteiger partial charge on any atom is 0.303 e. The third-order valence-electron chi connectivity index (χ3n) is 4.65. The van der Waals surface area contributed by atoms with Crippen molar-refractivity contribution in [2.24, 2.45) is 0 Å². The van der Waals surface area contributed by atoms with Crippen molar-refractivity contribution in [2.45, 2.75) is 122 Å². The molecule has 0 bridgehead atoms. The van der Waals surface area contributed by atoms with E-state index >= 15 is 0 Å². The van der Waals surface area contributed by atoms with Gasteiger partial charge in [-0.3, -0.25) is 4.79 Å². The predicted molar refractivity (Wildman–Crippen MR) is 111 cm³/mol. The molecule has 0 aromatic rings. The van der Waals surface area contributed by atoms with E-state index in [1.54, 1.807) is 0 Å². The molecule has 0 saturated carbocycles. The maximum absolute atomic E-state index is 10.4. The van der Waals surface area contributed by atoms with Gasteiger partial charge in [-0.05, 0) is 32.1 Å². The van der Waals surface area contributed by atoms with Crippen LogP contribution in [0.25, 0.3) is 0 Å². The predicted octanol–water partition coefficient (Wildman–Crippen LogP) is 7.29. The number of allylic oxidation sites excluding steroid dienone is 2. The first-order valence-electron chi connectivity index (χ1n) is 10.6. The fraction of sp³-hybridized carbons (Fsp3) is 0.864. The number of hydrogen-bond donors (Lipinski definition) is 1. The molecule has 0 rings (SSSR count). The van der Waals surface area contributed by atoms with Gasteiger partial charge in [0.25, 0.3) is 0 Å². The van der Waals surface area contributed by atoms with Crippen LogP contribution in [0.15, 0.2) is 12.2 Å². The molecule has 4 radical (unpaired) electrons. The van der Waals surface area contributed by atoms with Crippen LogP contribution in [0.2, 0.25) is 0 Å². The van der Waals surface area contributed by atoms with Gasteiger partial charge in [-0.1, -0.05) is 96.1 Å². The number of carboxylic acids is 1. The van der Waals surface area contributed by atoms with Gasteiger partial charge in [-0.2, -0.15) is 0 Å². The fourth-order valence-corrected chi connectivity index (χ4v) is 3.05. The molecule has 3 heteroatoms. The molecule has 0 aliphatic rings. The molecule has 25 heavy (non-hydrogen) atoms. The molecule has 0 amide bonds. The van der Waals surface area contributed by atoms with Gasteiger partial charge in [0.2, 0.25) is 0 Å². The van der Waals surface area contributed by atoms with Crippen molar-refractivity contribution in [1.82, 2.24) is 0 Å². The molecule has 0 atom stereocenters. The summed E-state index contributed by atoms with van der Waals surface area (Å²) in [5.74, 6) is -0.656. The summed E-state index contributed by atoms with van der Waals surface area (Å²) in [7, 11) is 0. The molecule has 0 heterocycles. The standard InChI is InChI=1S/C22H42O2.Pb/c1-2-3-4-5-6-7-8-9-10-11-12-13-14-15-16-17-18-19-20-21-22(23)24;/h9-10H,2-8,11-21H2,1H3,(H,23,24);. The van der Waals surface area contributed by atoms with E-state index < -0.39 is 5.97 Å². The molecular formula is C22H42O2Pb. The molecule has 0 aromatic carbocycles. The molecule has 0 aromatic heterocycles. The minimum atomic E-state index is -0.656. The van der Waals surface area contributed by atoms with E-state index in [0.29, 0.717) is 6.42 Å². The zero-order valence-electron chi connectivity index (χ0n) is 16.7. The normalized spacial score (nSPS) is 10.9. The Morgan fingerprint density at radius 3 is 1.40 bits per heavy atom. The first-order chi connectivity index (χ1) is 11.8. The molecule has 0 fully saturated rings. The minimum Gasteiger partial charge on any atom is -0.481 e. The van der Waals surface area contributed by atoms with E-state index in [2.05, 4.69) is 19.1 Å². The average Bonchev–Trinajstić information content (AvgIpc) is 2.56. The van der Waals surface area contributed by atoms with Crippen molar-refractivity contribution < 1.29 is 9.90 Å². The summed E-state index contributed by atoms with van der Waals surface area (Å²) in [5, 5.41) is 8.55. The third-order valence-corrected chi connectivity index (χ3v) is 4.65. The van der Waals surface area contributed by atoms with Crippen LogP contribution in [0, 0.1) is 0 Å². The average molecular weight is 546 g/mol. The summed E-state index contributed by atoms with van der Waals surface area (Å²) in [4.78, 5) is 10.4. The molecule has 0 aliphatic heterocycles. The third kappa shape index (κ3) is 26.5. The van der Waals surface area contributed by atoms with Crippen molar-refractivity contribution in [1.29, 1.82) is 0 Å². The van der Waals surface area contributed by atoms with Crippen molar-refractivity contribution in [3.05, 3.63) is 12.2 Å². The van der Waals surface area contributed by atoms with Gasteiger partial charge in [-0.25, -0.2) is 0 Å². The zero-order chi connectivity index (χ0) is 17.7.